The Balaban J connectivity index is 1.21. The minimum absolute atomic E-state index is 0.202. The SMILES string of the molecule is O=C1N=C(N2CCN(C(c3ccccc3F)c3nnnn3C3CCCCC3)CC2)S/C1=C\c1ccccc1. The zero-order valence-electron chi connectivity index (χ0n) is 21.1. The first-order valence-corrected chi connectivity index (χ1v) is 14.1. The molecule has 2 aromatic carbocycles. The summed E-state index contributed by atoms with van der Waals surface area (Å²) in [6, 6.07) is 16.6. The predicted molar refractivity (Wildman–Crippen MR) is 146 cm³/mol. The molecule has 3 aromatic rings. The highest BCUT2D eigenvalue weighted by Crippen LogP contribution is 2.36. The van der Waals surface area contributed by atoms with Crippen molar-refractivity contribution >= 4 is 28.9 Å². The molecule has 0 radical (unpaired) electrons. The van der Waals surface area contributed by atoms with Gasteiger partial charge in [-0.05, 0) is 52.7 Å². The van der Waals surface area contributed by atoms with Crippen molar-refractivity contribution in [2.24, 2.45) is 4.99 Å². The van der Waals surface area contributed by atoms with Gasteiger partial charge in [0.05, 0.1) is 10.9 Å². The summed E-state index contributed by atoms with van der Waals surface area (Å²) in [5.74, 6) is 0.244. The van der Waals surface area contributed by atoms with Crippen LogP contribution >= 0.6 is 11.8 Å². The molecule has 1 atom stereocenters. The highest BCUT2D eigenvalue weighted by atomic mass is 32.2. The summed E-state index contributed by atoms with van der Waals surface area (Å²) in [5, 5.41) is 13.6. The lowest BCUT2D eigenvalue weighted by molar-refractivity contribution is -0.113. The maximum absolute atomic E-state index is 15.2. The summed E-state index contributed by atoms with van der Waals surface area (Å²) in [5.41, 5.74) is 1.57. The van der Waals surface area contributed by atoms with Crippen LogP contribution in [0.1, 0.15) is 61.1 Å². The molecular formula is C28H30FN7OS. The lowest BCUT2D eigenvalue weighted by Crippen LogP contribution is -2.49. The number of piperazine rings is 1. The molecule has 1 aliphatic carbocycles. The number of nitrogens with zero attached hydrogens (tertiary/aromatic N) is 7. The number of halogens is 1. The molecule has 1 aromatic heterocycles. The zero-order valence-corrected chi connectivity index (χ0v) is 21.9. The van der Waals surface area contributed by atoms with E-state index < -0.39 is 0 Å². The first kappa shape index (κ1) is 24.9. The van der Waals surface area contributed by atoms with Crippen LogP contribution in [0.15, 0.2) is 64.5 Å². The molecule has 1 saturated heterocycles. The summed E-state index contributed by atoms with van der Waals surface area (Å²) >= 11 is 1.42. The largest absolute Gasteiger partial charge is 0.348 e. The number of amides is 1. The van der Waals surface area contributed by atoms with Gasteiger partial charge in [-0.1, -0.05) is 67.8 Å². The molecule has 1 unspecified atom stereocenters. The zero-order chi connectivity index (χ0) is 25.9. The number of amidine groups is 1. The van der Waals surface area contributed by atoms with Gasteiger partial charge < -0.3 is 4.90 Å². The highest BCUT2D eigenvalue weighted by Gasteiger charge is 2.36. The number of hydrogen-bond acceptors (Lipinski definition) is 7. The van der Waals surface area contributed by atoms with Gasteiger partial charge in [-0.2, -0.15) is 4.99 Å². The van der Waals surface area contributed by atoms with E-state index in [1.54, 1.807) is 6.07 Å². The first-order chi connectivity index (χ1) is 18.7. The van der Waals surface area contributed by atoms with Crippen LogP contribution in [-0.2, 0) is 4.79 Å². The second-order valence-electron chi connectivity index (χ2n) is 9.94. The summed E-state index contributed by atoms with van der Waals surface area (Å²) in [6.07, 6.45) is 7.52. The maximum Gasteiger partial charge on any atom is 0.286 e. The van der Waals surface area contributed by atoms with Gasteiger partial charge in [0, 0.05) is 31.7 Å². The molecule has 2 aliphatic heterocycles. The van der Waals surface area contributed by atoms with Gasteiger partial charge >= 0.3 is 0 Å². The molecule has 1 amide bonds. The molecule has 0 bridgehead atoms. The van der Waals surface area contributed by atoms with Crippen LogP contribution in [0.2, 0.25) is 0 Å². The Kier molecular flexibility index (Phi) is 7.33. The fourth-order valence-electron chi connectivity index (χ4n) is 5.57. The molecule has 8 nitrogen and oxygen atoms in total. The number of aromatic nitrogens is 4. The molecule has 10 heteroatoms. The van der Waals surface area contributed by atoms with Crippen molar-refractivity contribution < 1.29 is 9.18 Å². The van der Waals surface area contributed by atoms with E-state index in [9.17, 15) is 4.79 Å². The minimum Gasteiger partial charge on any atom is -0.348 e. The third-order valence-electron chi connectivity index (χ3n) is 7.54. The van der Waals surface area contributed by atoms with Crippen molar-refractivity contribution in [1.29, 1.82) is 0 Å². The molecule has 38 heavy (non-hydrogen) atoms. The third kappa shape index (κ3) is 5.15. The summed E-state index contributed by atoms with van der Waals surface area (Å²) < 4.78 is 17.1. The number of hydrogen-bond donors (Lipinski definition) is 0. The number of benzene rings is 2. The van der Waals surface area contributed by atoms with E-state index in [1.807, 2.05) is 53.2 Å². The predicted octanol–water partition coefficient (Wildman–Crippen LogP) is 4.69. The molecule has 6 rings (SSSR count). The Labute approximate surface area is 225 Å². The van der Waals surface area contributed by atoms with Crippen molar-refractivity contribution in [1.82, 2.24) is 30.0 Å². The number of thioether (sulfide) groups is 1. The van der Waals surface area contributed by atoms with E-state index in [4.69, 9.17) is 0 Å². The Morgan fingerprint density at radius 2 is 1.68 bits per heavy atom. The van der Waals surface area contributed by atoms with Gasteiger partial charge in [0.15, 0.2) is 11.0 Å². The topological polar surface area (TPSA) is 79.5 Å². The molecular weight excluding hydrogens is 501 g/mol. The van der Waals surface area contributed by atoms with Crippen molar-refractivity contribution in [3.63, 3.8) is 0 Å². The first-order valence-electron chi connectivity index (χ1n) is 13.3. The molecule has 0 N–H and O–H groups in total. The number of tetrazole rings is 1. The van der Waals surface area contributed by atoms with Gasteiger partial charge in [0.2, 0.25) is 0 Å². The number of carbonyl (C=O) groups is 1. The lowest BCUT2D eigenvalue weighted by atomic mass is 9.95. The maximum atomic E-state index is 15.2. The quantitative estimate of drug-likeness (QED) is 0.442. The Morgan fingerprint density at radius 3 is 2.45 bits per heavy atom. The fraction of sp³-hybridized carbons (Fsp3) is 0.393. The van der Waals surface area contributed by atoms with Crippen LogP contribution in [0, 0.1) is 5.82 Å². The van der Waals surface area contributed by atoms with Crippen molar-refractivity contribution in [3.8, 4) is 0 Å². The second-order valence-corrected chi connectivity index (χ2v) is 11.0. The van der Waals surface area contributed by atoms with E-state index in [0.29, 0.717) is 42.5 Å². The second kappa shape index (κ2) is 11.2. The van der Waals surface area contributed by atoms with E-state index in [1.165, 1.54) is 24.2 Å². The van der Waals surface area contributed by atoms with Crippen LogP contribution in [0.5, 0.6) is 0 Å². The van der Waals surface area contributed by atoms with Crippen LogP contribution in [-0.4, -0.2) is 67.3 Å². The molecule has 2 fully saturated rings. The van der Waals surface area contributed by atoms with Crippen molar-refractivity contribution in [3.05, 3.63) is 82.3 Å². The van der Waals surface area contributed by atoms with Crippen molar-refractivity contribution in [2.45, 2.75) is 44.2 Å². The Morgan fingerprint density at radius 1 is 0.947 bits per heavy atom. The smallest absolute Gasteiger partial charge is 0.286 e. The summed E-state index contributed by atoms with van der Waals surface area (Å²) in [4.78, 5) is 22.0. The van der Waals surface area contributed by atoms with Gasteiger partial charge in [0.25, 0.3) is 5.91 Å². The van der Waals surface area contributed by atoms with Gasteiger partial charge in [-0.3, -0.25) is 9.69 Å². The normalized spacial score (nSPS) is 21.2. The highest BCUT2D eigenvalue weighted by molar-refractivity contribution is 8.18. The van der Waals surface area contributed by atoms with Crippen LogP contribution in [0.3, 0.4) is 0 Å². The monoisotopic (exact) mass is 531 g/mol. The number of rotatable bonds is 5. The fourth-order valence-corrected chi connectivity index (χ4v) is 6.53. The average molecular weight is 532 g/mol. The van der Waals surface area contributed by atoms with E-state index in [2.05, 4.69) is 30.3 Å². The summed E-state index contributed by atoms with van der Waals surface area (Å²) in [6.45, 7) is 2.69. The molecule has 3 aliphatic rings. The average Bonchev–Trinajstić information content (AvgIpc) is 3.58. The molecule has 3 heterocycles. The summed E-state index contributed by atoms with van der Waals surface area (Å²) in [7, 11) is 0. The van der Waals surface area contributed by atoms with Gasteiger partial charge in [-0.25, -0.2) is 9.07 Å². The number of aliphatic imine (C=N–C) groups is 1. The standard InChI is InChI=1S/C28H30FN7OS/c29-23-14-8-7-13-22(23)25(26-31-32-33-36(26)21-11-5-2-6-12-21)34-15-17-35(18-16-34)28-30-27(37)24(38-28)19-20-9-3-1-4-10-20/h1,3-4,7-10,13-14,19,21,25H,2,5-6,11-12,15-18H2/b24-19-. The van der Waals surface area contributed by atoms with Crippen molar-refractivity contribution in [2.75, 3.05) is 26.2 Å². The molecule has 0 spiro atoms. The molecule has 196 valence electrons. The minimum atomic E-state index is -0.386. The Hall–Kier alpha value is -3.37. The number of carbonyl (C=O) groups excluding carboxylic acids is 1. The van der Waals surface area contributed by atoms with Crippen LogP contribution in [0.4, 0.5) is 4.39 Å². The van der Waals surface area contributed by atoms with Crippen LogP contribution < -0.4 is 0 Å². The Bertz CT molecular complexity index is 1340. The molecule has 1 saturated carbocycles. The van der Waals surface area contributed by atoms with E-state index in [-0.39, 0.29) is 23.8 Å². The van der Waals surface area contributed by atoms with E-state index >= 15 is 4.39 Å². The lowest BCUT2D eigenvalue weighted by Gasteiger charge is -2.39. The van der Waals surface area contributed by atoms with Crippen LogP contribution in [0.25, 0.3) is 6.08 Å². The van der Waals surface area contributed by atoms with E-state index in [0.717, 1.165) is 36.4 Å². The van der Waals surface area contributed by atoms with Gasteiger partial charge in [-0.15, -0.1) is 5.10 Å². The van der Waals surface area contributed by atoms with Gasteiger partial charge in [0.1, 0.15) is 11.9 Å². The third-order valence-corrected chi connectivity index (χ3v) is 8.58.